The van der Waals surface area contributed by atoms with Gasteiger partial charge < -0.3 is 20.2 Å². The van der Waals surface area contributed by atoms with Crippen LogP contribution in [0.3, 0.4) is 0 Å². The minimum Gasteiger partial charge on any atom is -0.467 e. The van der Waals surface area contributed by atoms with Crippen molar-refractivity contribution in [1.29, 1.82) is 0 Å². The van der Waals surface area contributed by atoms with Gasteiger partial charge in [-0.05, 0) is 37.3 Å². The summed E-state index contributed by atoms with van der Waals surface area (Å²) in [7, 11) is 0. The molecule has 1 aromatic carbocycles. The molecule has 2 rings (SSSR count). The average molecular weight is 342 g/mol. The maximum atomic E-state index is 12.6. The van der Waals surface area contributed by atoms with Gasteiger partial charge in [-0.2, -0.15) is 13.2 Å². The molecule has 0 fully saturated rings. The first-order valence-corrected chi connectivity index (χ1v) is 7.22. The lowest BCUT2D eigenvalue weighted by molar-refractivity contribution is -0.137. The summed E-state index contributed by atoms with van der Waals surface area (Å²) in [4.78, 5) is 11.8. The molecule has 3 N–H and O–H groups in total. The first-order valence-electron chi connectivity index (χ1n) is 7.22. The number of furan rings is 1. The number of benzene rings is 1. The van der Waals surface area contributed by atoms with Gasteiger partial charge in [-0.1, -0.05) is 6.07 Å². The molecule has 1 aromatic heterocycles. The summed E-state index contributed by atoms with van der Waals surface area (Å²) in [6.45, 7) is 1.66. The molecular formula is C16H17F3N2O3. The molecule has 2 aromatic rings. The van der Waals surface area contributed by atoms with Crippen LogP contribution in [0, 0.1) is 0 Å². The highest BCUT2D eigenvalue weighted by Crippen LogP contribution is 2.30. The van der Waals surface area contributed by atoms with E-state index in [2.05, 4.69) is 10.6 Å². The van der Waals surface area contributed by atoms with Crippen LogP contribution < -0.4 is 10.6 Å². The summed E-state index contributed by atoms with van der Waals surface area (Å²) in [5.41, 5.74) is -0.817. The van der Waals surface area contributed by atoms with Crippen LogP contribution in [0.15, 0.2) is 47.1 Å². The summed E-state index contributed by atoms with van der Waals surface area (Å²) in [6, 6.07) is 6.51. The van der Waals surface area contributed by atoms with Crippen molar-refractivity contribution in [2.45, 2.75) is 31.7 Å². The molecule has 0 spiro atoms. The van der Waals surface area contributed by atoms with Crippen molar-refractivity contribution < 1.29 is 27.5 Å². The Morgan fingerprint density at radius 3 is 2.67 bits per heavy atom. The first kappa shape index (κ1) is 17.9. The number of amides is 2. The lowest BCUT2D eigenvalue weighted by Crippen LogP contribution is -2.37. The molecule has 2 amide bonds. The Balaban J connectivity index is 1.89. The maximum Gasteiger partial charge on any atom is 0.416 e. The zero-order valence-corrected chi connectivity index (χ0v) is 12.8. The first-order chi connectivity index (χ1) is 11.3. The van der Waals surface area contributed by atoms with Gasteiger partial charge in [0.2, 0.25) is 0 Å². The molecule has 0 bridgehead atoms. The Bertz CT molecular complexity index is 671. The molecule has 5 nitrogen and oxygen atoms in total. The van der Waals surface area contributed by atoms with Gasteiger partial charge in [-0.25, -0.2) is 4.79 Å². The van der Waals surface area contributed by atoms with Crippen molar-refractivity contribution in [3.63, 3.8) is 0 Å². The summed E-state index contributed by atoms with van der Waals surface area (Å²) >= 11 is 0. The fraction of sp³-hybridized carbons (Fsp3) is 0.312. The molecule has 2 atom stereocenters. The normalized spacial score (nSPS) is 14.0. The third-order valence-electron chi connectivity index (χ3n) is 3.27. The Kier molecular flexibility index (Phi) is 5.50. The molecule has 0 aliphatic carbocycles. The summed E-state index contributed by atoms with van der Waals surface area (Å²) in [6.07, 6.45) is -3.74. The van der Waals surface area contributed by atoms with Crippen molar-refractivity contribution in [2.75, 3.05) is 5.32 Å². The zero-order chi connectivity index (χ0) is 17.7. The topological polar surface area (TPSA) is 74.5 Å². The summed E-state index contributed by atoms with van der Waals surface area (Å²) in [5.74, 6) is 0.377. The largest absolute Gasteiger partial charge is 0.467 e. The predicted molar refractivity (Wildman–Crippen MR) is 81.3 cm³/mol. The quantitative estimate of drug-likeness (QED) is 0.771. The van der Waals surface area contributed by atoms with E-state index in [4.69, 9.17) is 4.42 Å². The Morgan fingerprint density at radius 2 is 2.04 bits per heavy atom. The van der Waals surface area contributed by atoms with E-state index in [1.807, 2.05) is 0 Å². The monoisotopic (exact) mass is 342 g/mol. The molecule has 0 saturated carbocycles. The van der Waals surface area contributed by atoms with Crippen molar-refractivity contribution in [2.24, 2.45) is 0 Å². The van der Waals surface area contributed by atoms with E-state index >= 15 is 0 Å². The average Bonchev–Trinajstić information content (AvgIpc) is 3.00. The van der Waals surface area contributed by atoms with Gasteiger partial charge in [-0.15, -0.1) is 0 Å². The van der Waals surface area contributed by atoms with Gasteiger partial charge in [0.25, 0.3) is 0 Å². The van der Waals surface area contributed by atoms with E-state index in [9.17, 15) is 23.1 Å². The smallest absolute Gasteiger partial charge is 0.416 e. The maximum absolute atomic E-state index is 12.6. The van der Waals surface area contributed by atoms with Gasteiger partial charge in [0, 0.05) is 18.2 Å². The number of carbonyl (C=O) groups is 1. The Morgan fingerprint density at radius 1 is 1.29 bits per heavy atom. The lowest BCUT2D eigenvalue weighted by Gasteiger charge is -2.17. The van der Waals surface area contributed by atoms with E-state index in [-0.39, 0.29) is 12.1 Å². The molecule has 2 unspecified atom stereocenters. The SMILES string of the molecule is CC(CC(O)c1ccco1)NC(=O)Nc1cccc(C(F)(F)F)c1. The number of carbonyl (C=O) groups excluding carboxylic acids is 1. The molecule has 8 heteroatoms. The molecule has 0 saturated heterocycles. The van der Waals surface area contributed by atoms with Gasteiger partial charge in [0.15, 0.2) is 0 Å². The highest BCUT2D eigenvalue weighted by Gasteiger charge is 2.30. The van der Waals surface area contributed by atoms with E-state index in [0.29, 0.717) is 5.76 Å². The van der Waals surface area contributed by atoms with Crippen LogP contribution >= 0.6 is 0 Å². The van der Waals surface area contributed by atoms with Crippen LogP contribution in [0.1, 0.15) is 30.8 Å². The molecular weight excluding hydrogens is 325 g/mol. The number of urea groups is 1. The fourth-order valence-corrected chi connectivity index (χ4v) is 2.16. The van der Waals surface area contributed by atoms with Crippen LogP contribution in [0.4, 0.5) is 23.7 Å². The highest BCUT2D eigenvalue weighted by atomic mass is 19.4. The molecule has 1 heterocycles. The number of hydrogen-bond donors (Lipinski definition) is 3. The number of anilines is 1. The fourth-order valence-electron chi connectivity index (χ4n) is 2.16. The molecule has 24 heavy (non-hydrogen) atoms. The van der Waals surface area contributed by atoms with Crippen molar-refractivity contribution in [1.82, 2.24) is 5.32 Å². The highest BCUT2D eigenvalue weighted by molar-refractivity contribution is 5.89. The van der Waals surface area contributed by atoms with Gasteiger partial charge in [0.05, 0.1) is 11.8 Å². The third kappa shape index (κ3) is 5.02. The Labute approximate surface area is 136 Å². The van der Waals surface area contributed by atoms with E-state index in [1.54, 1.807) is 19.1 Å². The number of nitrogens with one attached hydrogen (secondary N) is 2. The zero-order valence-electron chi connectivity index (χ0n) is 12.8. The molecule has 0 aliphatic heterocycles. The predicted octanol–water partition coefficient (Wildman–Crippen LogP) is 3.93. The summed E-state index contributed by atoms with van der Waals surface area (Å²) in [5, 5.41) is 14.8. The number of aliphatic hydroxyl groups excluding tert-OH is 1. The number of aliphatic hydroxyl groups is 1. The number of halogens is 3. The molecule has 130 valence electrons. The number of rotatable bonds is 5. The van der Waals surface area contributed by atoms with Crippen LogP contribution in [0.25, 0.3) is 0 Å². The van der Waals surface area contributed by atoms with Crippen LogP contribution in [0.5, 0.6) is 0 Å². The number of hydrogen-bond acceptors (Lipinski definition) is 3. The number of alkyl halides is 3. The minimum absolute atomic E-state index is 0.0288. The lowest BCUT2D eigenvalue weighted by atomic mass is 10.1. The Hall–Kier alpha value is -2.48. The summed E-state index contributed by atoms with van der Waals surface area (Å²) < 4.78 is 42.9. The molecule has 0 aliphatic rings. The third-order valence-corrected chi connectivity index (χ3v) is 3.27. The van der Waals surface area contributed by atoms with E-state index in [1.165, 1.54) is 18.4 Å². The van der Waals surface area contributed by atoms with Crippen LogP contribution in [-0.2, 0) is 6.18 Å². The van der Waals surface area contributed by atoms with Crippen molar-refractivity contribution in [3.05, 3.63) is 54.0 Å². The van der Waals surface area contributed by atoms with Gasteiger partial charge in [0.1, 0.15) is 11.9 Å². The second-order valence-corrected chi connectivity index (χ2v) is 5.34. The van der Waals surface area contributed by atoms with Crippen LogP contribution in [-0.4, -0.2) is 17.2 Å². The van der Waals surface area contributed by atoms with E-state index < -0.39 is 29.9 Å². The molecule has 0 radical (unpaired) electrons. The standard InChI is InChI=1S/C16H17F3N2O3/c1-10(8-13(22)14-6-3-7-24-14)20-15(23)21-12-5-2-4-11(9-12)16(17,18)19/h2-7,9-10,13,22H,8H2,1H3,(H2,20,21,23). The van der Waals surface area contributed by atoms with E-state index in [0.717, 1.165) is 12.1 Å². The van der Waals surface area contributed by atoms with Crippen molar-refractivity contribution in [3.8, 4) is 0 Å². The van der Waals surface area contributed by atoms with Crippen LogP contribution in [0.2, 0.25) is 0 Å². The minimum atomic E-state index is -4.48. The van der Waals surface area contributed by atoms with Crippen molar-refractivity contribution >= 4 is 11.7 Å². The second kappa shape index (κ2) is 7.39. The second-order valence-electron chi connectivity index (χ2n) is 5.34. The van der Waals surface area contributed by atoms with Gasteiger partial charge in [-0.3, -0.25) is 0 Å². The van der Waals surface area contributed by atoms with Gasteiger partial charge >= 0.3 is 12.2 Å².